The minimum atomic E-state index is -4.02. The Kier molecular flexibility index (Phi) is 13.3. The molecule has 0 unspecified atom stereocenters. The third-order valence-electron chi connectivity index (χ3n) is 7.57. The number of carboxylic acids is 1. The molecule has 17 nitrogen and oxygen atoms in total. The Hall–Kier alpha value is -5.38. The van der Waals surface area contributed by atoms with Crippen molar-refractivity contribution in [1.29, 1.82) is 0 Å². The number of carbonyl (C=O) groups excluding carboxylic acids is 2. The molecule has 0 spiro atoms. The molecule has 2 heterocycles. The number of carboxylic acid groups (broad SMARTS) is 1. The van der Waals surface area contributed by atoms with Gasteiger partial charge in [-0.15, -0.1) is 10.2 Å². The van der Waals surface area contributed by atoms with E-state index in [1.54, 1.807) is 18.2 Å². The number of thiocarbonyl (C=S) groups is 1. The van der Waals surface area contributed by atoms with E-state index in [0.29, 0.717) is 63.6 Å². The van der Waals surface area contributed by atoms with Crippen molar-refractivity contribution in [2.75, 3.05) is 50.2 Å². The van der Waals surface area contributed by atoms with Crippen LogP contribution in [0.5, 0.6) is 0 Å². The van der Waals surface area contributed by atoms with E-state index in [1.165, 1.54) is 18.2 Å². The van der Waals surface area contributed by atoms with E-state index in [9.17, 15) is 32.7 Å². The first-order chi connectivity index (χ1) is 25.8. The smallest absolute Gasteiger partial charge is 0.336 e. The van der Waals surface area contributed by atoms with Crippen LogP contribution in [0.25, 0.3) is 33.4 Å². The van der Waals surface area contributed by atoms with Gasteiger partial charge in [0.2, 0.25) is 21.3 Å². The number of ether oxygens (including phenoxy) is 2. The fourth-order valence-electron chi connectivity index (χ4n) is 5.15. The summed E-state index contributed by atoms with van der Waals surface area (Å²) in [7, 11) is -4.02. The van der Waals surface area contributed by atoms with Crippen LogP contribution in [0.3, 0.4) is 0 Å². The second-order valence-corrected chi connectivity index (χ2v) is 14.7. The molecule has 3 aromatic rings. The van der Waals surface area contributed by atoms with Crippen LogP contribution in [0.15, 0.2) is 68.1 Å². The lowest BCUT2D eigenvalue weighted by Crippen LogP contribution is -2.31. The van der Waals surface area contributed by atoms with Gasteiger partial charge in [-0.2, -0.15) is 0 Å². The normalized spacial score (nSPS) is 11.4. The maximum atomic E-state index is 12.5. The van der Waals surface area contributed by atoms with Gasteiger partial charge < -0.3 is 40.3 Å². The lowest BCUT2D eigenvalue weighted by atomic mass is 9.90. The van der Waals surface area contributed by atoms with Crippen LogP contribution in [-0.2, 0) is 29.1 Å². The molecule has 0 atom stereocenters. The number of hydrogen-bond donors (Lipinski definition) is 6. The minimum absolute atomic E-state index is 0.0314. The average molecular weight is 798 g/mol. The van der Waals surface area contributed by atoms with Gasteiger partial charge >= 0.3 is 5.97 Å². The van der Waals surface area contributed by atoms with Gasteiger partial charge in [-0.1, -0.05) is 29.5 Å². The second kappa shape index (κ2) is 18.1. The lowest BCUT2D eigenvalue weighted by Gasteiger charge is -2.18. The number of aromatic carboxylic acids is 1. The zero-order chi connectivity index (χ0) is 38.8. The molecule has 7 N–H and O–H groups in total. The predicted octanol–water partition coefficient (Wildman–Crippen LogP) is 2.93. The Balaban J connectivity index is 1.000. The Labute approximate surface area is 317 Å². The minimum Gasteiger partial charge on any atom is -0.478 e. The Morgan fingerprint density at radius 3 is 2.30 bits per heavy atom. The number of amides is 2. The SMILES string of the molecule is Cc1ccc2c(-c3ccc(NC(=S)NCCOCCOCCNC(=O)CCC(=O)Nc4nnc(S(N)(=O)=O)s4)cc3C(=O)O)c3ccc(=O)cc-3oc2c1. The molecule has 0 bridgehead atoms. The van der Waals surface area contributed by atoms with Gasteiger partial charge in [0.1, 0.15) is 11.3 Å². The molecule has 2 amide bonds. The van der Waals surface area contributed by atoms with Crippen LogP contribution in [0.4, 0.5) is 10.8 Å². The fraction of sp³-hybridized carbons (Fsp3) is 0.265. The summed E-state index contributed by atoms with van der Waals surface area (Å²) >= 11 is 5.99. The maximum Gasteiger partial charge on any atom is 0.336 e. The number of nitrogens with two attached hydrogens (primary N) is 1. The number of anilines is 2. The van der Waals surface area contributed by atoms with Gasteiger partial charge in [-0.3, -0.25) is 14.4 Å². The monoisotopic (exact) mass is 797 g/mol. The molecule has 0 saturated carbocycles. The summed E-state index contributed by atoms with van der Waals surface area (Å²) in [6.45, 7) is 3.56. The number of aryl methyl sites for hydroxylation is 1. The van der Waals surface area contributed by atoms with Crippen molar-refractivity contribution >= 4 is 78.3 Å². The molecular weight excluding hydrogens is 763 g/mol. The number of sulfonamides is 1. The first-order valence-corrected chi connectivity index (χ1v) is 19.0. The van der Waals surface area contributed by atoms with Crippen molar-refractivity contribution in [3.63, 3.8) is 0 Å². The van der Waals surface area contributed by atoms with Gasteiger partial charge in [0.25, 0.3) is 10.0 Å². The Morgan fingerprint density at radius 1 is 0.889 bits per heavy atom. The molecule has 0 fully saturated rings. The van der Waals surface area contributed by atoms with Crippen LogP contribution in [0.2, 0.25) is 0 Å². The Morgan fingerprint density at radius 2 is 1.59 bits per heavy atom. The van der Waals surface area contributed by atoms with Gasteiger partial charge in [-0.05, 0) is 60.6 Å². The number of benzene rings is 3. The van der Waals surface area contributed by atoms with E-state index >= 15 is 0 Å². The molecule has 2 aliphatic rings. The van der Waals surface area contributed by atoms with E-state index in [2.05, 4.69) is 31.5 Å². The van der Waals surface area contributed by atoms with Crippen LogP contribution in [0.1, 0.15) is 28.8 Å². The molecule has 2 aromatic carbocycles. The third kappa shape index (κ3) is 10.8. The van der Waals surface area contributed by atoms with Crippen molar-refractivity contribution in [3.05, 3.63) is 75.9 Å². The number of carbonyl (C=O) groups is 3. The highest BCUT2D eigenvalue weighted by Crippen LogP contribution is 2.41. The quantitative estimate of drug-likeness (QED) is 0.0342. The first-order valence-electron chi connectivity index (χ1n) is 16.3. The molecule has 5 rings (SSSR count). The first kappa shape index (κ1) is 39.8. The van der Waals surface area contributed by atoms with Crippen molar-refractivity contribution in [2.24, 2.45) is 5.14 Å². The predicted molar refractivity (Wildman–Crippen MR) is 204 cm³/mol. The van der Waals surface area contributed by atoms with Crippen LogP contribution >= 0.6 is 23.6 Å². The molecule has 0 radical (unpaired) electrons. The largest absolute Gasteiger partial charge is 0.478 e. The molecule has 54 heavy (non-hydrogen) atoms. The zero-order valence-electron chi connectivity index (χ0n) is 28.7. The standard InChI is InChI=1S/C34H35N7O10S3/c1-19-2-5-23-26(16-19)51-27-18-21(42)4-7-24(27)30(23)22-6-3-20(17-25(22)31(45)46)38-32(52)37-11-13-50-15-14-49-12-10-36-28(43)8-9-29(44)39-33-40-41-34(53-33)54(35,47)48/h2-7,16-18H,8-15H2,1H3,(H,36,43)(H,45,46)(H2,35,47,48)(H2,37,38,52)(H,39,40,44). The summed E-state index contributed by atoms with van der Waals surface area (Å²) in [5.41, 5.74) is 3.44. The second-order valence-electron chi connectivity index (χ2n) is 11.6. The third-order valence-corrected chi connectivity index (χ3v) is 9.97. The fourth-order valence-corrected chi connectivity index (χ4v) is 6.72. The number of primary sulfonamides is 1. The molecule has 1 aliphatic heterocycles. The highest BCUT2D eigenvalue weighted by molar-refractivity contribution is 7.91. The van der Waals surface area contributed by atoms with Crippen molar-refractivity contribution in [3.8, 4) is 22.5 Å². The molecular formula is C34H35N7O10S3. The molecule has 0 saturated heterocycles. The van der Waals surface area contributed by atoms with Gasteiger partial charge in [0.15, 0.2) is 10.5 Å². The summed E-state index contributed by atoms with van der Waals surface area (Å²) in [5, 5.41) is 34.0. The number of nitrogens with one attached hydrogen (secondary N) is 4. The van der Waals surface area contributed by atoms with Crippen LogP contribution in [-0.4, -0.2) is 86.1 Å². The van der Waals surface area contributed by atoms with E-state index in [1.807, 2.05) is 25.1 Å². The summed E-state index contributed by atoms with van der Waals surface area (Å²) < 4.78 is 39.0. The zero-order valence-corrected chi connectivity index (χ0v) is 31.1. The summed E-state index contributed by atoms with van der Waals surface area (Å²) in [5.74, 6) is -1.70. The Bertz CT molecular complexity index is 2330. The summed E-state index contributed by atoms with van der Waals surface area (Å²) in [6, 6.07) is 15.0. The van der Waals surface area contributed by atoms with Gasteiger partial charge in [0, 0.05) is 54.2 Å². The average Bonchev–Trinajstić information content (AvgIpc) is 3.59. The highest BCUT2D eigenvalue weighted by Gasteiger charge is 2.22. The van der Waals surface area contributed by atoms with E-state index in [0.717, 1.165) is 5.56 Å². The number of hydrogen-bond acceptors (Lipinski definition) is 13. The number of nitrogens with zero attached hydrogens (tertiary/aromatic N) is 2. The van der Waals surface area contributed by atoms with Crippen molar-refractivity contribution in [2.45, 2.75) is 24.1 Å². The molecule has 20 heteroatoms. The molecule has 1 aromatic heterocycles. The van der Waals surface area contributed by atoms with Crippen molar-refractivity contribution < 1.29 is 41.8 Å². The molecule has 1 aliphatic carbocycles. The molecule has 284 valence electrons. The summed E-state index contributed by atoms with van der Waals surface area (Å²) in [6.07, 6.45) is -0.255. The van der Waals surface area contributed by atoms with Gasteiger partial charge in [-0.25, -0.2) is 18.4 Å². The van der Waals surface area contributed by atoms with Crippen LogP contribution < -0.4 is 31.8 Å². The topological polar surface area (TPSA) is 254 Å². The van der Waals surface area contributed by atoms with Crippen molar-refractivity contribution in [1.82, 2.24) is 20.8 Å². The van der Waals surface area contributed by atoms with Gasteiger partial charge in [0.05, 0.1) is 32.0 Å². The van der Waals surface area contributed by atoms with E-state index in [-0.39, 0.29) is 66.4 Å². The van der Waals surface area contributed by atoms with E-state index < -0.39 is 26.2 Å². The lowest BCUT2D eigenvalue weighted by molar-refractivity contribution is -0.124. The number of rotatable bonds is 17. The number of aromatic nitrogens is 2. The number of fused-ring (bicyclic) bond motifs is 2. The highest BCUT2D eigenvalue weighted by atomic mass is 32.2. The van der Waals surface area contributed by atoms with E-state index in [4.69, 9.17) is 31.2 Å². The van der Waals surface area contributed by atoms with Crippen LogP contribution in [0, 0.1) is 6.92 Å². The maximum absolute atomic E-state index is 12.5. The summed E-state index contributed by atoms with van der Waals surface area (Å²) in [4.78, 5) is 48.6.